The number of fused-ring (bicyclic) bond motifs is 1. The fraction of sp³-hybridized carbons (Fsp3) is 0.458. The normalized spacial score (nSPS) is 14.3. The smallest absolute Gasteiger partial charge is 0.318 e. The Labute approximate surface area is 197 Å². The third kappa shape index (κ3) is 4.77. The molecule has 5 heterocycles. The second kappa shape index (κ2) is 9.84. The van der Waals surface area contributed by atoms with Gasteiger partial charge in [0.15, 0.2) is 5.65 Å². The fourth-order valence-electron chi connectivity index (χ4n) is 4.47. The maximum absolute atomic E-state index is 14.0. The van der Waals surface area contributed by atoms with Crippen LogP contribution >= 0.6 is 0 Å². The van der Waals surface area contributed by atoms with E-state index >= 15 is 0 Å². The third-order valence-corrected chi connectivity index (χ3v) is 6.07. The Bertz CT molecular complexity index is 1280. The summed E-state index contributed by atoms with van der Waals surface area (Å²) in [5.74, 6) is 0.162. The van der Waals surface area contributed by atoms with Gasteiger partial charge < -0.3 is 14.2 Å². The lowest BCUT2D eigenvalue weighted by Gasteiger charge is -2.13. The van der Waals surface area contributed by atoms with Crippen molar-refractivity contribution < 1.29 is 9.13 Å². The molecule has 0 aliphatic carbocycles. The number of aromatic nitrogens is 7. The summed E-state index contributed by atoms with van der Waals surface area (Å²) in [6, 6.07) is 1.73. The Morgan fingerprint density at radius 2 is 1.91 bits per heavy atom. The molecule has 0 bridgehead atoms. The van der Waals surface area contributed by atoms with Gasteiger partial charge in [-0.05, 0) is 58.8 Å². The summed E-state index contributed by atoms with van der Waals surface area (Å²) < 4.78 is 23.5. The molecule has 34 heavy (non-hydrogen) atoms. The molecule has 0 spiro atoms. The Morgan fingerprint density at radius 1 is 1.06 bits per heavy atom. The molecule has 0 aromatic carbocycles. The van der Waals surface area contributed by atoms with Crippen LogP contribution in [-0.2, 0) is 13.1 Å². The highest BCUT2D eigenvalue weighted by Gasteiger charge is 2.19. The van der Waals surface area contributed by atoms with Crippen LogP contribution in [0.15, 0.2) is 30.9 Å². The summed E-state index contributed by atoms with van der Waals surface area (Å²) in [7, 11) is 0. The number of nitrogens with zero attached hydrogens (tertiary/aromatic N) is 8. The van der Waals surface area contributed by atoms with Crippen LogP contribution in [-0.4, -0.2) is 65.4 Å². The molecule has 1 aliphatic rings. The van der Waals surface area contributed by atoms with Crippen LogP contribution in [0.25, 0.3) is 22.6 Å². The Balaban J connectivity index is 1.45. The van der Waals surface area contributed by atoms with Crippen molar-refractivity contribution in [1.82, 2.24) is 39.2 Å². The first kappa shape index (κ1) is 22.4. The standard InChI is InChI=1S/C24H29FN8O/c1-3-34-24-28-17(2)21-23(30-24)33(22(29-21)19-11-20(25)14-26-13-19)16-18-12-27-32(15-18)10-6-9-31-7-4-5-8-31/h11-15H,3-10,16H2,1-2H3. The quantitative estimate of drug-likeness (QED) is 0.375. The Morgan fingerprint density at radius 3 is 2.71 bits per heavy atom. The summed E-state index contributed by atoms with van der Waals surface area (Å²) in [4.78, 5) is 20.3. The largest absolute Gasteiger partial charge is 0.464 e. The average molecular weight is 465 g/mol. The predicted octanol–water partition coefficient (Wildman–Crippen LogP) is 3.47. The molecule has 1 saturated heterocycles. The molecule has 178 valence electrons. The molecule has 1 fully saturated rings. The molecule has 1 aliphatic heterocycles. The average Bonchev–Trinajstić information content (AvgIpc) is 3.56. The highest BCUT2D eigenvalue weighted by molar-refractivity contribution is 5.79. The van der Waals surface area contributed by atoms with Gasteiger partial charge in [0.1, 0.15) is 17.2 Å². The van der Waals surface area contributed by atoms with E-state index in [1.165, 1.54) is 38.2 Å². The van der Waals surface area contributed by atoms with Crippen molar-refractivity contribution in [2.45, 2.75) is 46.2 Å². The molecule has 0 saturated carbocycles. The van der Waals surface area contributed by atoms with Crippen LogP contribution in [0.4, 0.5) is 4.39 Å². The monoisotopic (exact) mass is 464 g/mol. The van der Waals surface area contributed by atoms with Gasteiger partial charge in [-0.3, -0.25) is 9.67 Å². The molecule has 4 aromatic rings. The van der Waals surface area contributed by atoms with Crippen molar-refractivity contribution in [3.63, 3.8) is 0 Å². The van der Waals surface area contributed by atoms with E-state index in [0.717, 1.165) is 25.1 Å². The molecule has 0 radical (unpaired) electrons. The lowest BCUT2D eigenvalue weighted by molar-refractivity contribution is 0.313. The van der Waals surface area contributed by atoms with Crippen LogP contribution < -0.4 is 4.74 Å². The lowest BCUT2D eigenvalue weighted by Crippen LogP contribution is -2.21. The van der Waals surface area contributed by atoms with Gasteiger partial charge in [0.25, 0.3) is 0 Å². The summed E-state index contributed by atoms with van der Waals surface area (Å²) in [6.45, 7) is 9.10. The van der Waals surface area contributed by atoms with E-state index in [-0.39, 0.29) is 0 Å². The van der Waals surface area contributed by atoms with Gasteiger partial charge in [-0.2, -0.15) is 15.1 Å². The zero-order valence-electron chi connectivity index (χ0n) is 19.6. The minimum absolute atomic E-state index is 0.301. The molecule has 5 rings (SSSR count). The Kier molecular flexibility index (Phi) is 6.48. The van der Waals surface area contributed by atoms with Crippen molar-refractivity contribution >= 4 is 11.2 Å². The third-order valence-electron chi connectivity index (χ3n) is 6.07. The van der Waals surface area contributed by atoms with Gasteiger partial charge in [0.05, 0.1) is 31.2 Å². The molecule has 0 amide bonds. The first-order chi connectivity index (χ1) is 16.6. The lowest BCUT2D eigenvalue weighted by atomic mass is 10.2. The number of pyridine rings is 1. The number of rotatable bonds is 9. The minimum Gasteiger partial charge on any atom is -0.464 e. The van der Waals surface area contributed by atoms with Gasteiger partial charge in [-0.25, -0.2) is 9.37 Å². The zero-order valence-corrected chi connectivity index (χ0v) is 19.6. The van der Waals surface area contributed by atoms with E-state index in [2.05, 4.69) is 31.1 Å². The molecule has 10 heteroatoms. The Hall–Kier alpha value is -3.40. The van der Waals surface area contributed by atoms with Crippen LogP contribution in [0.1, 0.15) is 37.4 Å². The predicted molar refractivity (Wildman–Crippen MR) is 126 cm³/mol. The van der Waals surface area contributed by atoms with Crippen LogP contribution in [0.2, 0.25) is 0 Å². The van der Waals surface area contributed by atoms with Gasteiger partial charge in [-0.15, -0.1) is 0 Å². The number of imidazole rings is 1. The second-order valence-electron chi connectivity index (χ2n) is 8.62. The number of likely N-dealkylation sites (tertiary alicyclic amines) is 1. The molecule has 0 N–H and O–H groups in total. The summed E-state index contributed by atoms with van der Waals surface area (Å²) >= 11 is 0. The number of aryl methyl sites for hydroxylation is 2. The van der Waals surface area contributed by atoms with Gasteiger partial charge in [0, 0.05) is 30.1 Å². The summed E-state index contributed by atoms with van der Waals surface area (Å²) in [5, 5.41) is 4.56. The maximum atomic E-state index is 14.0. The first-order valence-electron chi connectivity index (χ1n) is 11.8. The van der Waals surface area contributed by atoms with Gasteiger partial charge in [0.2, 0.25) is 0 Å². The van der Waals surface area contributed by atoms with Crippen LogP contribution in [0, 0.1) is 12.7 Å². The van der Waals surface area contributed by atoms with E-state index in [9.17, 15) is 4.39 Å². The van der Waals surface area contributed by atoms with Gasteiger partial charge >= 0.3 is 6.01 Å². The van der Waals surface area contributed by atoms with E-state index in [0.29, 0.717) is 47.4 Å². The topological polar surface area (TPSA) is 86.8 Å². The molecule has 4 aromatic heterocycles. The molecule has 0 unspecified atom stereocenters. The number of ether oxygens (including phenoxy) is 1. The number of hydrogen-bond acceptors (Lipinski definition) is 7. The highest BCUT2D eigenvalue weighted by Crippen LogP contribution is 2.27. The van der Waals surface area contributed by atoms with E-state index < -0.39 is 5.82 Å². The fourth-order valence-corrected chi connectivity index (χ4v) is 4.47. The highest BCUT2D eigenvalue weighted by atomic mass is 19.1. The van der Waals surface area contributed by atoms with E-state index in [1.807, 2.05) is 29.3 Å². The summed E-state index contributed by atoms with van der Waals surface area (Å²) in [5.41, 5.74) is 3.59. The van der Waals surface area contributed by atoms with Gasteiger partial charge in [-0.1, -0.05) is 0 Å². The SMILES string of the molecule is CCOc1nc(C)c2nc(-c3cncc(F)c3)n(Cc3cnn(CCCN4CCCC4)c3)c2n1. The first-order valence-corrected chi connectivity index (χ1v) is 11.8. The van der Waals surface area contributed by atoms with Crippen molar-refractivity contribution in [3.8, 4) is 17.4 Å². The van der Waals surface area contributed by atoms with Crippen molar-refractivity contribution in [3.05, 3.63) is 47.9 Å². The van der Waals surface area contributed by atoms with E-state index in [1.54, 1.807) is 6.20 Å². The minimum atomic E-state index is -0.417. The van der Waals surface area contributed by atoms with Crippen molar-refractivity contribution in [1.29, 1.82) is 0 Å². The second-order valence-corrected chi connectivity index (χ2v) is 8.62. The van der Waals surface area contributed by atoms with Crippen LogP contribution in [0.3, 0.4) is 0 Å². The summed E-state index contributed by atoms with van der Waals surface area (Å²) in [6.07, 6.45) is 10.4. The van der Waals surface area contributed by atoms with Crippen molar-refractivity contribution in [2.75, 3.05) is 26.2 Å². The maximum Gasteiger partial charge on any atom is 0.318 e. The molecule has 0 atom stereocenters. The van der Waals surface area contributed by atoms with Crippen LogP contribution in [0.5, 0.6) is 6.01 Å². The number of hydrogen-bond donors (Lipinski definition) is 0. The number of halogens is 1. The molecule has 9 nitrogen and oxygen atoms in total. The zero-order chi connectivity index (χ0) is 23.5. The van der Waals surface area contributed by atoms with Crippen molar-refractivity contribution in [2.24, 2.45) is 0 Å². The van der Waals surface area contributed by atoms with E-state index in [4.69, 9.17) is 9.72 Å². The molecular weight excluding hydrogens is 435 g/mol. The molecular formula is C24H29FN8O.